The van der Waals surface area contributed by atoms with Crippen molar-refractivity contribution >= 4 is 35.0 Å². The van der Waals surface area contributed by atoms with Crippen LogP contribution in [-0.2, 0) is 29.0 Å². The highest BCUT2D eigenvalue weighted by Gasteiger charge is 2.31. The van der Waals surface area contributed by atoms with Crippen LogP contribution in [-0.4, -0.2) is 36.4 Å². The maximum atomic E-state index is 13.7. The van der Waals surface area contributed by atoms with Crippen LogP contribution >= 0.6 is 23.2 Å². The van der Waals surface area contributed by atoms with Crippen LogP contribution in [0.1, 0.15) is 30.0 Å². The number of carbonyl (C=O) groups excluding carboxylic acids is 2. The number of methoxy groups -OCH3 is 1. The summed E-state index contributed by atoms with van der Waals surface area (Å²) < 4.78 is 5.22. The SMILES string of the molecule is CCCNC(=O)C(Cc1ccccc1)N(Cc1c(Cl)cccc1Cl)C(=O)Cc1ccc(OC)cc1. The zero-order chi connectivity index (χ0) is 25.2. The summed E-state index contributed by atoms with van der Waals surface area (Å²) in [7, 11) is 1.60. The Labute approximate surface area is 217 Å². The molecule has 1 N–H and O–H groups in total. The Balaban J connectivity index is 1.98. The Morgan fingerprint density at radius 2 is 1.57 bits per heavy atom. The van der Waals surface area contributed by atoms with Gasteiger partial charge in [-0.25, -0.2) is 0 Å². The van der Waals surface area contributed by atoms with Gasteiger partial charge in [-0.3, -0.25) is 9.59 Å². The monoisotopic (exact) mass is 512 g/mol. The minimum atomic E-state index is -0.734. The van der Waals surface area contributed by atoms with Crippen LogP contribution in [0.5, 0.6) is 5.75 Å². The Bertz CT molecular complexity index is 1100. The van der Waals surface area contributed by atoms with E-state index in [0.717, 1.165) is 17.5 Å². The van der Waals surface area contributed by atoms with Crippen LogP contribution in [0.3, 0.4) is 0 Å². The number of halogens is 2. The molecule has 3 aromatic rings. The smallest absolute Gasteiger partial charge is 0.243 e. The fraction of sp³-hybridized carbons (Fsp3) is 0.286. The number of ether oxygens (including phenoxy) is 1. The normalized spacial score (nSPS) is 11.5. The molecule has 0 saturated carbocycles. The molecule has 184 valence electrons. The molecule has 0 radical (unpaired) electrons. The maximum Gasteiger partial charge on any atom is 0.243 e. The van der Waals surface area contributed by atoms with Crippen LogP contribution < -0.4 is 10.1 Å². The van der Waals surface area contributed by atoms with E-state index in [1.165, 1.54) is 0 Å². The van der Waals surface area contributed by atoms with Gasteiger partial charge in [0.15, 0.2) is 0 Å². The maximum absolute atomic E-state index is 13.7. The number of hydrogen-bond donors (Lipinski definition) is 1. The summed E-state index contributed by atoms with van der Waals surface area (Å²) in [6, 6.07) is 21.5. The van der Waals surface area contributed by atoms with E-state index in [2.05, 4.69) is 5.32 Å². The van der Waals surface area contributed by atoms with Crippen molar-refractivity contribution in [1.82, 2.24) is 10.2 Å². The standard InChI is InChI=1S/C28H30Cl2N2O3/c1-3-16-31-28(34)26(17-20-8-5-4-6-9-20)32(19-23-24(29)10-7-11-25(23)30)27(33)18-21-12-14-22(35-2)15-13-21/h4-15,26H,3,16-19H2,1-2H3,(H,31,34). The fourth-order valence-corrected chi connectivity index (χ4v) is 4.31. The average Bonchev–Trinajstić information content (AvgIpc) is 2.87. The summed E-state index contributed by atoms with van der Waals surface area (Å²) in [5.74, 6) is 0.308. The molecule has 0 aliphatic rings. The molecular formula is C28H30Cl2N2O3. The van der Waals surface area contributed by atoms with Crippen molar-refractivity contribution in [2.24, 2.45) is 0 Å². The third kappa shape index (κ3) is 7.48. The van der Waals surface area contributed by atoms with E-state index in [1.54, 1.807) is 30.2 Å². The molecule has 5 nitrogen and oxygen atoms in total. The van der Waals surface area contributed by atoms with Crippen LogP contribution in [0, 0.1) is 0 Å². The second kappa shape index (κ2) is 13.2. The van der Waals surface area contributed by atoms with E-state index in [0.29, 0.717) is 34.3 Å². The lowest BCUT2D eigenvalue weighted by atomic mass is 10.0. The second-order valence-corrected chi connectivity index (χ2v) is 9.06. The Morgan fingerprint density at radius 3 is 2.17 bits per heavy atom. The molecule has 0 fully saturated rings. The molecular weight excluding hydrogens is 483 g/mol. The van der Waals surface area contributed by atoms with Gasteiger partial charge in [0.25, 0.3) is 0 Å². The molecule has 1 unspecified atom stereocenters. The van der Waals surface area contributed by atoms with E-state index in [1.807, 2.05) is 61.5 Å². The van der Waals surface area contributed by atoms with Crippen molar-refractivity contribution in [1.29, 1.82) is 0 Å². The van der Waals surface area contributed by atoms with Crippen molar-refractivity contribution < 1.29 is 14.3 Å². The quantitative estimate of drug-likeness (QED) is 0.357. The van der Waals surface area contributed by atoms with E-state index in [9.17, 15) is 9.59 Å². The summed E-state index contributed by atoms with van der Waals surface area (Å²) in [4.78, 5) is 28.7. The van der Waals surface area contributed by atoms with Crippen molar-refractivity contribution in [3.8, 4) is 5.75 Å². The molecule has 2 amide bonds. The summed E-state index contributed by atoms with van der Waals surface area (Å²) in [6.07, 6.45) is 1.28. The molecule has 0 aliphatic heterocycles. The molecule has 0 saturated heterocycles. The minimum absolute atomic E-state index is 0.116. The number of amides is 2. The highest BCUT2D eigenvalue weighted by Crippen LogP contribution is 2.27. The lowest BCUT2D eigenvalue weighted by molar-refractivity contribution is -0.140. The van der Waals surface area contributed by atoms with Crippen molar-refractivity contribution in [2.75, 3.05) is 13.7 Å². The largest absolute Gasteiger partial charge is 0.497 e. The predicted octanol–water partition coefficient (Wildman–Crippen LogP) is 5.71. The first-order valence-corrected chi connectivity index (χ1v) is 12.4. The zero-order valence-electron chi connectivity index (χ0n) is 20.0. The van der Waals surface area contributed by atoms with Gasteiger partial charge in [-0.05, 0) is 41.8 Å². The van der Waals surface area contributed by atoms with Gasteiger partial charge in [-0.2, -0.15) is 0 Å². The molecule has 0 aromatic heterocycles. The lowest BCUT2D eigenvalue weighted by Gasteiger charge is -2.32. The fourth-order valence-electron chi connectivity index (χ4n) is 3.79. The molecule has 0 heterocycles. The number of nitrogens with zero attached hydrogens (tertiary/aromatic N) is 1. The summed E-state index contributed by atoms with van der Waals surface area (Å²) in [6.45, 7) is 2.63. The number of nitrogens with one attached hydrogen (secondary N) is 1. The lowest BCUT2D eigenvalue weighted by Crippen LogP contribution is -2.51. The first-order chi connectivity index (χ1) is 16.9. The second-order valence-electron chi connectivity index (χ2n) is 8.24. The van der Waals surface area contributed by atoms with Gasteiger partial charge in [0.2, 0.25) is 11.8 Å². The van der Waals surface area contributed by atoms with E-state index in [-0.39, 0.29) is 24.8 Å². The highest BCUT2D eigenvalue weighted by atomic mass is 35.5. The molecule has 0 bridgehead atoms. The molecule has 0 aliphatic carbocycles. The van der Waals surface area contributed by atoms with Crippen LogP contribution in [0.4, 0.5) is 0 Å². The molecule has 0 spiro atoms. The van der Waals surface area contributed by atoms with Crippen molar-refractivity contribution in [3.63, 3.8) is 0 Å². The zero-order valence-corrected chi connectivity index (χ0v) is 21.5. The van der Waals surface area contributed by atoms with Gasteiger partial charge >= 0.3 is 0 Å². The molecule has 7 heteroatoms. The summed E-state index contributed by atoms with van der Waals surface area (Å²) in [5.41, 5.74) is 2.38. The Morgan fingerprint density at radius 1 is 0.914 bits per heavy atom. The third-order valence-corrected chi connectivity index (χ3v) is 6.43. The van der Waals surface area contributed by atoms with Crippen LogP contribution in [0.25, 0.3) is 0 Å². The van der Waals surface area contributed by atoms with Gasteiger partial charge in [0.05, 0.1) is 13.5 Å². The van der Waals surface area contributed by atoms with Gasteiger partial charge in [-0.1, -0.05) is 78.7 Å². The number of benzene rings is 3. The summed E-state index contributed by atoms with van der Waals surface area (Å²) >= 11 is 12.9. The number of carbonyl (C=O) groups is 2. The first-order valence-electron chi connectivity index (χ1n) is 11.6. The van der Waals surface area contributed by atoms with E-state index in [4.69, 9.17) is 27.9 Å². The first kappa shape index (κ1) is 26.6. The van der Waals surface area contributed by atoms with Crippen LogP contribution in [0.2, 0.25) is 10.0 Å². The van der Waals surface area contributed by atoms with E-state index < -0.39 is 6.04 Å². The Kier molecular flexibility index (Phi) is 10.0. The van der Waals surface area contributed by atoms with Crippen molar-refractivity contribution in [2.45, 2.75) is 38.8 Å². The van der Waals surface area contributed by atoms with Crippen molar-refractivity contribution in [3.05, 3.63) is 99.5 Å². The van der Waals surface area contributed by atoms with E-state index >= 15 is 0 Å². The molecule has 3 aromatic carbocycles. The van der Waals surface area contributed by atoms with Gasteiger partial charge in [-0.15, -0.1) is 0 Å². The van der Waals surface area contributed by atoms with Gasteiger partial charge in [0.1, 0.15) is 11.8 Å². The predicted molar refractivity (Wildman–Crippen MR) is 141 cm³/mol. The minimum Gasteiger partial charge on any atom is -0.497 e. The topological polar surface area (TPSA) is 58.6 Å². The summed E-state index contributed by atoms with van der Waals surface area (Å²) in [5, 5.41) is 3.87. The molecule has 1 atom stereocenters. The van der Waals surface area contributed by atoms with Gasteiger partial charge < -0.3 is 15.0 Å². The highest BCUT2D eigenvalue weighted by molar-refractivity contribution is 6.36. The third-order valence-electron chi connectivity index (χ3n) is 5.72. The number of rotatable bonds is 11. The molecule has 35 heavy (non-hydrogen) atoms. The average molecular weight is 513 g/mol. The van der Waals surface area contributed by atoms with Gasteiger partial charge in [0, 0.05) is 35.1 Å². The van der Waals surface area contributed by atoms with Crippen LogP contribution in [0.15, 0.2) is 72.8 Å². The molecule has 3 rings (SSSR count). The Hall–Kier alpha value is -3.02. The number of hydrogen-bond acceptors (Lipinski definition) is 3.